The molecule has 4 nitrogen and oxygen atoms in total. The number of aryl methyl sites for hydroxylation is 1. The average Bonchev–Trinajstić information content (AvgIpc) is 3.68. The first-order valence-corrected chi connectivity index (χ1v) is 19.7. The third-order valence-corrected chi connectivity index (χ3v) is 10.5. The molecule has 3 aromatic heterocycles. The van der Waals surface area contributed by atoms with E-state index in [1.54, 1.807) is 24.3 Å². The zero-order valence-electron chi connectivity index (χ0n) is 36.9. The van der Waals surface area contributed by atoms with Gasteiger partial charge in [-0.2, -0.15) is 5.26 Å². The fourth-order valence-electron chi connectivity index (χ4n) is 7.58. The zero-order valence-corrected chi connectivity index (χ0v) is 36.2. The molecule has 0 N–H and O–H groups in total. The Balaban J connectivity index is 0.000000211. The average molecular weight is 981 g/mol. The number of rotatable bonds is 7. The van der Waals surface area contributed by atoms with Gasteiger partial charge < -0.3 is 14.4 Å². The Morgan fingerprint density at radius 3 is 2.03 bits per heavy atom. The molecule has 1 radical (unpaired) electrons. The van der Waals surface area contributed by atoms with Gasteiger partial charge in [0.2, 0.25) is 0 Å². The molecule has 0 aliphatic carbocycles. The predicted octanol–water partition coefficient (Wildman–Crippen LogP) is 14.7. The SMILES string of the molecule is CC(C)c1cccc(C(C)C)c1-c1ccnc(-c2[c-]ccc3c2oc2c(-c4ccc(C#N)cc4)cccc23)c1.[2H]C([2H])([2H])c1ccc(-c2[c-]ccc(-c3cc(F)cc(F)c3)c2)nc1.[Ir]. The van der Waals surface area contributed by atoms with E-state index in [1.165, 1.54) is 41.1 Å². The maximum Gasteiger partial charge on any atom is 0.128 e. The van der Waals surface area contributed by atoms with E-state index in [4.69, 9.17) is 13.5 Å². The summed E-state index contributed by atoms with van der Waals surface area (Å²) in [5, 5.41) is 11.3. The molecular formula is C54H41F2IrN3O-2. The summed E-state index contributed by atoms with van der Waals surface area (Å²) in [6.45, 7) is 6.79. The van der Waals surface area contributed by atoms with Crippen molar-refractivity contribution in [3.05, 3.63) is 192 Å². The minimum Gasteiger partial charge on any atom is -0.500 e. The Labute approximate surface area is 373 Å². The molecule has 7 heteroatoms. The van der Waals surface area contributed by atoms with E-state index >= 15 is 0 Å². The van der Waals surface area contributed by atoms with Crippen LogP contribution in [0, 0.1) is 42.0 Å². The molecule has 0 fully saturated rings. The van der Waals surface area contributed by atoms with E-state index in [9.17, 15) is 14.0 Å². The number of para-hydroxylation sites is 1. The van der Waals surface area contributed by atoms with Crippen LogP contribution in [-0.2, 0) is 20.1 Å². The van der Waals surface area contributed by atoms with Crippen LogP contribution >= 0.6 is 0 Å². The van der Waals surface area contributed by atoms with Crippen LogP contribution < -0.4 is 0 Å². The second-order valence-corrected chi connectivity index (χ2v) is 15.2. The van der Waals surface area contributed by atoms with Crippen LogP contribution in [0.3, 0.4) is 0 Å². The van der Waals surface area contributed by atoms with E-state index in [0.717, 1.165) is 56.0 Å². The Morgan fingerprint density at radius 2 is 1.36 bits per heavy atom. The normalized spacial score (nSPS) is 12.0. The Bertz CT molecular complexity index is 3110. The summed E-state index contributed by atoms with van der Waals surface area (Å²) in [5.74, 6) is -0.498. The van der Waals surface area contributed by atoms with Gasteiger partial charge in [0.05, 0.1) is 17.2 Å². The number of halogens is 2. The van der Waals surface area contributed by atoms with E-state index in [2.05, 4.69) is 105 Å². The van der Waals surface area contributed by atoms with Gasteiger partial charge in [-0.05, 0) is 99.4 Å². The molecule has 303 valence electrons. The molecule has 0 unspecified atom stereocenters. The topological polar surface area (TPSA) is 62.7 Å². The van der Waals surface area contributed by atoms with Crippen LogP contribution in [0.5, 0.6) is 0 Å². The number of hydrogen-bond acceptors (Lipinski definition) is 4. The number of fused-ring (bicyclic) bond motifs is 3. The first-order chi connectivity index (χ1) is 30.3. The van der Waals surface area contributed by atoms with E-state index in [1.807, 2.05) is 36.5 Å². The number of nitrogens with zero attached hydrogens (tertiary/aromatic N) is 3. The van der Waals surface area contributed by atoms with Gasteiger partial charge in [-0.3, -0.25) is 0 Å². The number of nitriles is 1. The summed E-state index contributed by atoms with van der Waals surface area (Å²) < 4.78 is 55.4. The quantitative estimate of drug-likeness (QED) is 0.149. The summed E-state index contributed by atoms with van der Waals surface area (Å²) in [7, 11) is 0. The molecule has 0 spiro atoms. The zero-order chi connectivity index (χ0) is 44.4. The first kappa shape index (κ1) is 38.6. The monoisotopic (exact) mass is 981 g/mol. The van der Waals surface area contributed by atoms with E-state index in [-0.39, 0.29) is 25.7 Å². The van der Waals surface area contributed by atoms with Crippen molar-refractivity contribution in [2.75, 3.05) is 0 Å². The van der Waals surface area contributed by atoms with Crippen molar-refractivity contribution < 1.29 is 37.4 Å². The Hall–Kier alpha value is -6.58. The minimum absolute atomic E-state index is 0. The van der Waals surface area contributed by atoms with Crippen molar-refractivity contribution in [1.82, 2.24) is 9.97 Å². The predicted molar refractivity (Wildman–Crippen MR) is 238 cm³/mol. The smallest absolute Gasteiger partial charge is 0.128 e. The van der Waals surface area contributed by atoms with Gasteiger partial charge in [0.15, 0.2) is 0 Å². The number of benzene rings is 6. The van der Waals surface area contributed by atoms with Gasteiger partial charge in [-0.15, -0.1) is 53.6 Å². The van der Waals surface area contributed by atoms with Crippen molar-refractivity contribution in [2.45, 2.75) is 46.4 Å². The molecule has 9 aromatic rings. The van der Waals surface area contributed by atoms with Gasteiger partial charge in [-0.25, -0.2) is 8.78 Å². The van der Waals surface area contributed by atoms with Crippen LogP contribution in [0.2, 0.25) is 0 Å². The number of hydrogen-bond donors (Lipinski definition) is 0. The molecular weight excluding hydrogens is 937 g/mol. The first-order valence-electron chi connectivity index (χ1n) is 21.2. The van der Waals surface area contributed by atoms with Crippen molar-refractivity contribution in [1.29, 1.82) is 5.26 Å². The van der Waals surface area contributed by atoms with E-state index < -0.39 is 18.5 Å². The molecule has 0 atom stereocenters. The van der Waals surface area contributed by atoms with Crippen LogP contribution in [-0.4, -0.2) is 9.97 Å². The van der Waals surface area contributed by atoms with Crippen LogP contribution in [0.4, 0.5) is 8.78 Å². The molecule has 61 heavy (non-hydrogen) atoms. The van der Waals surface area contributed by atoms with Crippen LogP contribution in [0.25, 0.3) is 77.8 Å². The fraction of sp³-hybridized carbons (Fsp3) is 0.130. The molecule has 6 aromatic carbocycles. The van der Waals surface area contributed by atoms with Crippen molar-refractivity contribution in [3.63, 3.8) is 0 Å². The number of aromatic nitrogens is 2. The van der Waals surface area contributed by atoms with Crippen molar-refractivity contribution in [3.8, 4) is 62.0 Å². The van der Waals surface area contributed by atoms with Crippen LogP contribution in [0.1, 0.15) is 65.9 Å². The summed E-state index contributed by atoms with van der Waals surface area (Å²) in [4.78, 5) is 8.93. The molecule has 0 aliphatic rings. The standard InChI is InChI=1S/C36H29N2O.C18H12F2N.Ir/c1-22(2)27-8-5-9-28(23(3)4)34(27)26-18-19-38-33(20-26)32-13-7-12-31-30-11-6-10-29(35(30)39-36(31)32)25-16-14-24(21-37)15-17-25;1-12-5-6-18(21-11-12)14-4-2-3-13(7-14)15-8-16(19)10-17(20)9-15;/h5-12,14-20,22-23H,1-4H3;2-3,5-11H,1H3;/q2*-1;/i;1D3;. The summed E-state index contributed by atoms with van der Waals surface area (Å²) >= 11 is 0. The molecule has 0 saturated carbocycles. The Morgan fingerprint density at radius 1 is 0.656 bits per heavy atom. The Kier molecular flexibility index (Phi) is 11.6. The maximum absolute atomic E-state index is 13.4. The van der Waals surface area contributed by atoms with Gasteiger partial charge >= 0.3 is 0 Å². The third kappa shape index (κ3) is 8.98. The van der Waals surface area contributed by atoms with Gasteiger partial charge in [-0.1, -0.05) is 105 Å². The maximum atomic E-state index is 13.4. The molecule has 0 aliphatic heterocycles. The number of furan rings is 1. The second kappa shape index (κ2) is 18.4. The second-order valence-electron chi connectivity index (χ2n) is 15.2. The van der Waals surface area contributed by atoms with Gasteiger partial charge in [0.1, 0.15) is 17.2 Å². The third-order valence-electron chi connectivity index (χ3n) is 10.5. The van der Waals surface area contributed by atoms with Gasteiger partial charge in [0.25, 0.3) is 0 Å². The molecule has 3 heterocycles. The fourth-order valence-corrected chi connectivity index (χ4v) is 7.58. The summed E-state index contributed by atoms with van der Waals surface area (Å²) in [5.41, 5.74) is 13.4. The van der Waals surface area contributed by atoms with Crippen molar-refractivity contribution >= 4 is 21.9 Å². The van der Waals surface area contributed by atoms with Crippen molar-refractivity contribution in [2.24, 2.45) is 0 Å². The molecule has 0 saturated heterocycles. The molecule has 9 rings (SSSR count). The van der Waals surface area contributed by atoms with Gasteiger partial charge in [0, 0.05) is 53.6 Å². The van der Waals surface area contributed by atoms with E-state index in [0.29, 0.717) is 39.8 Å². The summed E-state index contributed by atoms with van der Waals surface area (Å²) in [6.07, 6.45) is 3.19. The summed E-state index contributed by atoms with van der Waals surface area (Å²) in [6, 6.07) is 48.8. The molecule has 0 bridgehead atoms. The molecule has 0 amide bonds. The number of pyridine rings is 2. The minimum atomic E-state index is -2.21. The largest absolute Gasteiger partial charge is 0.500 e. The van der Waals surface area contributed by atoms with Crippen LogP contribution in [0.15, 0.2) is 150 Å².